The molecule has 0 saturated heterocycles. The van der Waals surface area contributed by atoms with Gasteiger partial charge >= 0.3 is 0 Å². The molecule has 0 aliphatic carbocycles. The van der Waals surface area contributed by atoms with Crippen molar-refractivity contribution >= 4 is 28.5 Å². The van der Waals surface area contributed by atoms with E-state index >= 15 is 0 Å². The first-order chi connectivity index (χ1) is 11.7. The highest BCUT2D eigenvalue weighted by molar-refractivity contribution is 14.1. The number of benzene rings is 2. The van der Waals surface area contributed by atoms with Crippen LogP contribution in [0.2, 0.25) is 0 Å². The molecular weight excluding hydrogens is 419 g/mol. The molecule has 3 rings (SSSR count). The molecule has 0 unspecified atom stereocenters. The SMILES string of the molecule is COc1ccc(-c2n[nH]c(CNC(=O)c3cccc(I)c3)n2)cc1. The largest absolute Gasteiger partial charge is 0.497 e. The fraction of sp³-hybridized carbons (Fsp3) is 0.118. The number of amides is 1. The summed E-state index contributed by atoms with van der Waals surface area (Å²) in [5.41, 5.74) is 1.50. The van der Waals surface area contributed by atoms with Gasteiger partial charge in [-0.25, -0.2) is 4.98 Å². The smallest absolute Gasteiger partial charge is 0.251 e. The third-order valence-electron chi connectivity index (χ3n) is 3.38. The zero-order valence-electron chi connectivity index (χ0n) is 12.9. The van der Waals surface area contributed by atoms with Crippen LogP contribution in [-0.4, -0.2) is 28.2 Å². The number of carbonyl (C=O) groups is 1. The lowest BCUT2D eigenvalue weighted by atomic mass is 10.2. The molecule has 1 heterocycles. The van der Waals surface area contributed by atoms with Gasteiger partial charge in [0, 0.05) is 14.7 Å². The second-order valence-corrected chi connectivity index (χ2v) is 6.27. The van der Waals surface area contributed by atoms with E-state index in [4.69, 9.17) is 4.74 Å². The first-order valence-electron chi connectivity index (χ1n) is 7.25. The maximum absolute atomic E-state index is 12.1. The van der Waals surface area contributed by atoms with Crippen molar-refractivity contribution < 1.29 is 9.53 Å². The van der Waals surface area contributed by atoms with Crippen LogP contribution in [0, 0.1) is 3.57 Å². The standard InChI is InChI=1S/C17H15IN4O2/c1-24-14-7-5-11(6-8-14)16-20-15(21-22-16)10-19-17(23)12-3-2-4-13(18)9-12/h2-9H,10H2,1H3,(H,19,23)(H,20,21,22). The lowest BCUT2D eigenvalue weighted by molar-refractivity contribution is 0.0950. The van der Waals surface area contributed by atoms with E-state index < -0.39 is 0 Å². The quantitative estimate of drug-likeness (QED) is 0.606. The highest BCUT2D eigenvalue weighted by Gasteiger charge is 2.09. The van der Waals surface area contributed by atoms with Gasteiger partial charge in [-0.3, -0.25) is 9.89 Å². The predicted molar refractivity (Wildman–Crippen MR) is 98.7 cm³/mol. The molecule has 0 aliphatic rings. The number of aromatic nitrogens is 3. The van der Waals surface area contributed by atoms with E-state index in [-0.39, 0.29) is 12.5 Å². The van der Waals surface area contributed by atoms with Crippen LogP contribution in [0.4, 0.5) is 0 Å². The van der Waals surface area contributed by atoms with E-state index in [1.54, 1.807) is 13.2 Å². The number of aromatic amines is 1. The lowest BCUT2D eigenvalue weighted by Crippen LogP contribution is -2.23. The number of nitrogens with one attached hydrogen (secondary N) is 2. The zero-order chi connectivity index (χ0) is 16.9. The zero-order valence-corrected chi connectivity index (χ0v) is 15.1. The molecule has 6 nitrogen and oxygen atoms in total. The molecule has 2 N–H and O–H groups in total. The molecular formula is C17H15IN4O2. The number of H-pyrrole nitrogens is 1. The van der Waals surface area contributed by atoms with Gasteiger partial charge in [-0.2, -0.15) is 5.10 Å². The molecule has 122 valence electrons. The monoisotopic (exact) mass is 434 g/mol. The molecule has 0 fully saturated rings. The summed E-state index contributed by atoms with van der Waals surface area (Å²) in [4.78, 5) is 16.5. The Morgan fingerprint density at radius 3 is 2.75 bits per heavy atom. The average Bonchev–Trinajstić information content (AvgIpc) is 3.09. The van der Waals surface area contributed by atoms with Gasteiger partial charge in [0.25, 0.3) is 5.91 Å². The number of carbonyl (C=O) groups excluding carboxylic acids is 1. The second-order valence-electron chi connectivity index (χ2n) is 5.03. The Labute approximate surface area is 152 Å². The van der Waals surface area contributed by atoms with Crippen molar-refractivity contribution in [1.82, 2.24) is 20.5 Å². The van der Waals surface area contributed by atoms with E-state index in [0.717, 1.165) is 14.9 Å². The van der Waals surface area contributed by atoms with Gasteiger partial charge in [0.05, 0.1) is 13.7 Å². The summed E-state index contributed by atoms with van der Waals surface area (Å²) in [6, 6.07) is 14.9. The van der Waals surface area contributed by atoms with Crippen LogP contribution < -0.4 is 10.1 Å². The van der Waals surface area contributed by atoms with Gasteiger partial charge < -0.3 is 10.1 Å². The summed E-state index contributed by atoms with van der Waals surface area (Å²) in [7, 11) is 1.62. The molecule has 0 atom stereocenters. The van der Waals surface area contributed by atoms with Crippen molar-refractivity contribution in [3.05, 3.63) is 63.5 Å². The van der Waals surface area contributed by atoms with Gasteiger partial charge in [0.2, 0.25) is 0 Å². The number of hydrogen-bond acceptors (Lipinski definition) is 4. The van der Waals surface area contributed by atoms with Gasteiger partial charge in [0.15, 0.2) is 5.82 Å². The second kappa shape index (κ2) is 7.43. The maximum atomic E-state index is 12.1. The highest BCUT2D eigenvalue weighted by atomic mass is 127. The average molecular weight is 434 g/mol. The van der Waals surface area contributed by atoms with Gasteiger partial charge in [-0.1, -0.05) is 6.07 Å². The number of methoxy groups -OCH3 is 1. The fourth-order valence-electron chi connectivity index (χ4n) is 2.14. The van der Waals surface area contributed by atoms with E-state index in [9.17, 15) is 4.79 Å². The third-order valence-corrected chi connectivity index (χ3v) is 4.05. The first-order valence-corrected chi connectivity index (χ1v) is 8.33. The third kappa shape index (κ3) is 3.91. The molecule has 0 spiro atoms. The number of nitrogens with zero attached hydrogens (tertiary/aromatic N) is 2. The van der Waals surface area contributed by atoms with Gasteiger partial charge in [-0.05, 0) is 65.1 Å². The van der Waals surface area contributed by atoms with Crippen LogP contribution in [0.1, 0.15) is 16.2 Å². The summed E-state index contributed by atoms with van der Waals surface area (Å²) in [6.07, 6.45) is 0. The minimum Gasteiger partial charge on any atom is -0.497 e. The van der Waals surface area contributed by atoms with Crippen molar-refractivity contribution in [3.8, 4) is 17.1 Å². The topological polar surface area (TPSA) is 79.9 Å². The Kier molecular flexibility index (Phi) is 5.09. The molecule has 7 heteroatoms. The van der Waals surface area contributed by atoms with Crippen LogP contribution in [0.3, 0.4) is 0 Å². The van der Waals surface area contributed by atoms with Crippen molar-refractivity contribution in [1.29, 1.82) is 0 Å². The van der Waals surface area contributed by atoms with Gasteiger partial charge in [-0.15, -0.1) is 0 Å². The fourth-order valence-corrected chi connectivity index (χ4v) is 2.68. The van der Waals surface area contributed by atoms with Crippen LogP contribution in [0.15, 0.2) is 48.5 Å². The Morgan fingerprint density at radius 2 is 2.04 bits per heavy atom. The van der Waals surface area contributed by atoms with Crippen LogP contribution >= 0.6 is 22.6 Å². The van der Waals surface area contributed by atoms with E-state index in [0.29, 0.717) is 17.2 Å². The summed E-state index contributed by atoms with van der Waals surface area (Å²) in [5.74, 6) is 1.81. The maximum Gasteiger partial charge on any atom is 0.251 e. The van der Waals surface area contributed by atoms with Crippen LogP contribution in [-0.2, 0) is 6.54 Å². The van der Waals surface area contributed by atoms with E-state index in [1.807, 2.05) is 42.5 Å². The van der Waals surface area contributed by atoms with Crippen molar-refractivity contribution in [2.45, 2.75) is 6.54 Å². The normalized spacial score (nSPS) is 10.4. The molecule has 0 saturated carbocycles. The number of hydrogen-bond donors (Lipinski definition) is 2. The molecule has 24 heavy (non-hydrogen) atoms. The van der Waals surface area contributed by atoms with Crippen molar-refractivity contribution in [3.63, 3.8) is 0 Å². The predicted octanol–water partition coefficient (Wildman–Crippen LogP) is 3.01. The molecule has 2 aromatic carbocycles. The summed E-state index contributed by atoms with van der Waals surface area (Å²) < 4.78 is 6.14. The number of halogens is 1. The summed E-state index contributed by atoms with van der Waals surface area (Å²) >= 11 is 2.18. The first kappa shape index (κ1) is 16.4. The summed E-state index contributed by atoms with van der Waals surface area (Å²) in [5, 5.41) is 9.85. The molecule has 3 aromatic rings. The Bertz CT molecular complexity index is 846. The van der Waals surface area contributed by atoms with Crippen molar-refractivity contribution in [2.24, 2.45) is 0 Å². The number of ether oxygens (including phenoxy) is 1. The minimum atomic E-state index is -0.143. The Hall–Kier alpha value is -2.42. The summed E-state index contributed by atoms with van der Waals surface area (Å²) in [6.45, 7) is 0.285. The molecule has 0 radical (unpaired) electrons. The van der Waals surface area contributed by atoms with Gasteiger partial charge in [0.1, 0.15) is 11.6 Å². The number of rotatable bonds is 5. The minimum absolute atomic E-state index is 0.143. The lowest BCUT2D eigenvalue weighted by Gasteiger charge is -2.03. The van der Waals surface area contributed by atoms with E-state index in [2.05, 4.69) is 43.1 Å². The molecule has 1 amide bonds. The van der Waals surface area contributed by atoms with Crippen LogP contribution in [0.25, 0.3) is 11.4 Å². The van der Waals surface area contributed by atoms with E-state index in [1.165, 1.54) is 0 Å². The highest BCUT2D eigenvalue weighted by Crippen LogP contribution is 2.18. The van der Waals surface area contributed by atoms with Crippen molar-refractivity contribution in [2.75, 3.05) is 7.11 Å². The Morgan fingerprint density at radius 1 is 1.25 bits per heavy atom. The molecule has 0 aliphatic heterocycles. The Balaban J connectivity index is 1.64. The van der Waals surface area contributed by atoms with Crippen LogP contribution in [0.5, 0.6) is 5.75 Å². The molecule has 0 bridgehead atoms. The molecule has 1 aromatic heterocycles.